The fourth-order valence-electron chi connectivity index (χ4n) is 1.28. The van der Waals surface area contributed by atoms with Crippen LogP contribution in [0.5, 0.6) is 0 Å². The molecule has 4 nitrogen and oxygen atoms in total. The molecule has 0 aliphatic carbocycles. The van der Waals surface area contributed by atoms with Crippen molar-refractivity contribution in [1.82, 2.24) is 5.32 Å². The Morgan fingerprint density at radius 1 is 1.41 bits per heavy atom. The van der Waals surface area contributed by atoms with Crippen LogP contribution < -0.4 is 11.1 Å². The predicted molar refractivity (Wildman–Crippen MR) is 57.3 cm³/mol. The van der Waals surface area contributed by atoms with Crippen LogP contribution >= 0.6 is 0 Å². The summed E-state index contributed by atoms with van der Waals surface area (Å²) in [5.41, 5.74) is 5.15. The molecule has 0 saturated heterocycles. The molecule has 0 spiro atoms. The average molecular weight is 256 g/mol. The highest BCUT2D eigenvalue weighted by molar-refractivity contribution is 5.80. The van der Waals surface area contributed by atoms with Gasteiger partial charge in [-0.25, -0.2) is 0 Å². The van der Waals surface area contributed by atoms with Crippen molar-refractivity contribution in [3.05, 3.63) is 0 Å². The molecule has 0 aliphatic rings. The zero-order chi connectivity index (χ0) is 13.5. The number of hydrogen-bond acceptors (Lipinski definition) is 3. The van der Waals surface area contributed by atoms with Crippen molar-refractivity contribution in [2.24, 2.45) is 11.7 Å². The zero-order valence-corrected chi connectivity index (χ0v) is 10.0. The lowest BCUT2D eigenvalue weighted by atomic mass is 10.0. The number of carbonyl (C=O) groups excluding carboxylic acids is 1. The summed E-state index contributed by atoms with van der Waals surface area (Å²) < 4.78 is 39.5. The first-order valence-corrected chi connectivity index (χ1v) is 5.41. The number of amides is 1. The predicted octanol–water partition coefficient (Wildman–Crippen LogP) is 1.05. The minimum Gasteiger partial charge on any atom is -0.372 e. The number of nitrogens with two attached hydrogens (primary N) is 1. The van der Waals surface area contributed by atoms with Gasteiger partial charge in [-0.3, -0.25) is 4.79 Å². The molecule has 17 heavy (non-hydrogen) atoms. The minimum absolute atomic E-state index is 0.00388. The SMILES string of the molecule is CC(C)C(NCCCOCC(F)(F)F)C(N)=O. The number of ether oxygens (including phenoxy) is 1. The van der Waals surface area contributed by atoms with E-state index in [1.807, 2.05) is 13.8 Å². The quantitative estimate of drug-likeness (QED) is 0.638. The van der Waals surface area contributed by atoms with Gasteiger partial charge in [0, 0.05) is 6.61 Å². The number of primary amides is 1. The molecule has 0 fully saturated rings. The summed E-state index contributed by atoms with van der Waals surface area (Å²) in [6, 6.07) is -0.461. The number of alkyl halides is 3. The number of halogens is 3. The monoisotopic (exact) mass is 256 g/mol. The van der Waals surface area contributed by atoms with Gasteiger partial charge < -0.3 is 15.8 Å². The molecule has 1 amide bonds. The second-order valence-corrected chi connectivity index (χ2v) is 4.10. The Balaban J connectivity index is 3.60. The number of rotatable bonds is 8. The van der Waals surface area contributed by atoms with E-state index in [4.69, 9.17) is 5.73 Å². The molecule has 3 N–H and O–H groups in total. The van der Waals surface area contributed by atoms with Gasteiger partial charge in [0.1, 0.15) is 6.61 Å². The molecule has 0 heterocycles. The van der Waals surface area contributed by atoms with Crippen molar-refractivity contribution in [3.8, 4) is 0 Å². The van der Waals surface area contributed by atoms with E-state index in [1.165, 1.54) is 0 Å². The Morgan fingerprint density at radius 2 is 2.00 bits per heavy atom. The maximum Gasteiger partial charge on any atom is 0.411 e. The highest BCUT2D eigenvalue weighted by Crippen LogP contribution is 2.14. The van der Waals surface area contributed by atoms with Crippen LogP contribution in [0.1, 0.15) is 20.3 Å². The Morgan fingerprint density at radius 3 is 2.41 bits per heavy atom. The third-order valence-electron chi connectivity index (χ3n) is 2.07. The van der Waals surface area contributed by atoms with Crippen LogP contribution in [0.4, 0.5) is 13.2 Å². The van der Waals surface area contributed by atoms with Gasteiger partial charge in [-0.2, -0.15) is 13.2 Å². The summed E-state index contributed by atoms with van der Waals surface area (Å²) in [6.07, 6.45) is -3.90. The largest absolute Gasteiger partial charge is 0.411 e. The van der Waals surface area contributed by atoms with Crippen molar-refractivity contribution in [3.63, 3.8) is 0 Å². The van der Waals surface area contributed by atoms with Gasteiger partial charge >= 0.3 is 6.18 Å². The maximum absolute atomic E-state index is 11.7. The topological polar surface area (TPSA) is 64.3 Å². The Kier molecular flexibility index (Phi) is 7.13. The van der Waals surface area contributed by atoms with Gasteiger partial charge in [-0.05, 0) is 18.9 Å². The van der Waals surface area contributed by atoms with E-state index >= 15 is 0 Å². The van der Waals surface area contributed by atoms with E-state index in [1.54, 1.807) is 0 Å². The first-order valence-electron chi connectivity index (χ1n) is 5.41. The van der Waals surface area contributed by atoms with Crippen molar-refractivity contribution in [2.45, 2.75) is 32.5 Å². The molecule has 0 aliphatic heterocycles. The van der Waals surface area contributed by atoms with Gasteiger partial charge in [0.2, 0.25) is 5.91 Å². The summed E-state index contributed by atoms with van der Waals surface area (Å²) in [5, 5.41) is 2.88. The summed E-state index contributed by atoms with van der Waals surface area (Å²) in [6.45, 7) is 2.82. The Labute approximate surface area is 98.7 Å². The van der Waals surface area contributed by atoms with Crippen LogP contribution in [0.3, 0.4) is 0 Å². The third-order valence-corrected chi connectivity index (χ3v) is 2.07. The van der Waals surface area contributed by atoms with Crippen LogP contribution in [0.25, 0.3) is 0 Å². The fraction of sp³-hybridized carbons (Fsp3) is 0.900. The van der Waals surface area contributed by atoms with Gasteiger partial charge in [-0.15, -0.1) is 0 Å². The van der Waals surface area contributed by atoms with E-state index in [0.717, 1.165) is 0 Å². The molecular formula is C10H19F3N2O2. The zero-order valence-electron chi connectivity index (χ0n) is 10.0. The van der Waals surface area contributed by atoms with E-state index < -0.39 is 24.7 Å². The number of nitrogens with one attached hydrogen (secondary N) is 1. The van der Waals surface area contributed by atoms with Crippen LogP contribution in [0.15, 0.2) is 0 Å². The maximum atomic E-state index is 11.7. The Hall–Kier alpha value is -0.820. The van der Waals surface area contributed by atoms with Crippen LogP contribution in [-0.4, -0.2) is 37.9 Å². The molecule has 0 aromatic carbocycles. The second-order valence-electron chi connectivity index (χ2n) is 4.10. The summed E-state index contributed by atoms with van der Waals surface area (Å²) in [5.74, 6) is -0.417. The van der Waals surface area contributed by atoms with Crippen LogP contribution in [-0.2, 0) is 9.53 Å². The van der Waals surface area contributed by atoms with Crippen molar-refractivity contribution >= 4 is 5.91 Å². The second kappa shape index (κ2) is 7.50. The molecule has 102 valence electrons. The molecule has 0 saturated carbocycles. The summed E-state index contributed by atoms with van der Waals surface area (Å²) >= 11 is 0. The molecule has 0 aromatic rings. The van der Waals surface area contributed by atoms with E-state index in [-0.39, 0.29) is 12.5 Å². The summed E-state index contributed by atoms with van der Waals surface area (Å²) in [4.78, 5) is 11.0. The van der Waals surface area contributed by atoms with E-state index in [9.17, 15) is 18.0 Å². The van der Waals surface area contributed by atoms with Crippen LogP contribution in [0.2, 0.25) is 0 Å². The molecule has 7 heteroatoms. The lowest BCUT2D eigenvalue weighted by Crippen LogP contribution is -2.45. The standard InChI is InChI=1S/C10H19F3N2O2/c1-7(2)8(9(14)16)15-4-3-5-17-6-10(11,12)13/h7-8,15H,3-6H2,1-2H3,(H2,14,16). The first-order chi connectivity index (χ1) is 7.74. The normalized spacial score (nSPS) is 14.0. The van der Waals surface area contributed by atoms with Crippen molar-refractivity contribution in [2.75, 3.05) is 19.8 Å². The molecule has 1 unspecified atom stereocenters. The lowest BCUT2D eigenvalue weighted by Gasteiger charge is -2.18. The molecule has 0 bridgehead atoms. The molecule has 0 aromatic heterocycles. The molecule has 0 rings (SSSR count). The van der Waals surface area contributed by atoms with Crippen molar-refractivity contribution in [1.29, 1.82) is 0 Å². The molecule has 1 atom stereocenters. The van der Waals surface area contributed by atoms with Gasteiger partial charge in [0.05, 0.1) is 6.04 Å². The smallest absolute Gasteiger partial charge is 0.372 e. The minimum atomic E-state index is -4.29. The highest BCUT2D eigenvalue weighted by atomic mass is 19.4. The van der Waals surface area contributed by atoms with Gasteiger partial charge in [0.25, 0.3) is 0 Å². The number of hydrogen-bond donors (Lipinski definition) is 2. The average Bonchev–Trinajstić information content (AvgIpc) is 2.13. The number of carbonyl (C=O) groups is 1. The van der Waals surface area contributed by atoms with E-state index in [2.05, 4.69) is 10.1 Å². The third kappa shape index (κ3) is 8.93. The van der Waals surface area contributed by atoms with Gasteiger partial charge in [-0.1, -0.05) is 13.8 Å². The van der Waals surface area contributed by atoms with Gasteiger partial charge in [0.15, 0.2) is 0 Å². The highest BCUT2D eigenvalue weighted by Gasteiger charge is 2.27. The van der Waals surface area contributed by atoms with Crippen molar-refractivity contribution < 1.29 is 22.7 Å². The first kappa shape index (κ1) is 16.2. The summed E-state index contributed by atoms with van der Waals surface area (Å²) in [7, 11) is 0. The Bertz CT molecular complexity index is 232. The lowest BCUT2D eigenvalue weighted by molar-refractivity contribution is -0.173. The fourth-order valence-corrected chi connectivity index (χ4v) is 1.28. The molecule has 0 radical (unpaired) electrons. The van der Waals surface area contributed by atoms with E-state index in [0.29, 0.717) is 13.0 Å². The van der Waals surface area contributed by atoms with Crippen LogP contribution in [0, 0.1) is 5.92 Å². The molecular weight excluding hydrogens is 237 g/mol.